The molecular formula is C9H13NOS. The lowest BCUT2D eigenvalue weighted by Gasteiger charge is -1.93. The van der Waals surface area contributed by atoms with Crippen LogP contribution >= 0.6 is 11.3 Å². The van der Waals surface area contributed by atoms with Crippen LogP contribution in [-0.4, -0.2) is 10.8 Å². The maximum absolute atomic E-state index is 11.2. The molecule has 0 aliphatic carbocycles. The molecule has 66 valence electrons. The Balaban J connectivity index is 2.46. The minimum absolute atomic E-state index is 0.294. The fourth-order valence-corrected chi connectivity index (χ4v) is 1.67. The molecule has 1 heterocycles. The van der Waals surface area contributed by atoms with E-state index in [1.165, 1.54) is 0 Å². The number of rotatable bonds is 4. The minimum Gasteiger partial charge on any atom is -0.299 e. The fraction of sp³-hybridized carbons (Fsp3) is 0.556. The lowest BCUT2D eigenvalue weighted by atomic mass is 10.1. The third-order valence-electron chi connectivity index (χ3n) is 1.57. The molecule has 0 radical (unpaired) electrons. The van der Waals surface area contributed by atoms with Crippen LogP contribution in [0, 0.1) is 6.92 Å². The molecule has 1 aromatic rings. The first kappa shape index (κ1) is 9.39. The van der Waals surface area contributed by atoms with E-state index in [-0.39, 0.29) is 0 Å². The molecule has 1 rings (SSSR count). The molecule has 0 bridgehead atoms. The van der Waals surface area contributed by atoms with Crippen LogP contribution < -0.4 is 0 Å². The zero-order chi connectivity index (χ0) is 8.97. The Kier molecular flexibility index (Phi) is 3.41. The lowest BCUT2D eigenvalue weighted by Crippen LogP contribution is -2.01. The highest BCUT2D eigenvalue weighted by Gasteiger charge is 2.04. The Hall–Kier alpha value is -0.700. The molecule has 0 amide bonds. The summed E-state index contributed by atoms with van der Waals surface area (Å²) in [4.78, 5) is 15.4. The molecule has 0 spiro atoms. The van der Waals surface area contributed by atoms with Gasteiger partial charge in [-0.15, -0.1) is 11.3 Å². The third kappa shape index (κ3) is 2.74. The number of nitrogens with zero attached hydrogens (tertiary/aromatic N) is 1. The van der Waals surface area contributed by atoms with Crippen molar-refractivity contribution >= 4 is 17.1 Å². The quantitative estimate of drug-likeness (QED) is 0.717. The summed E-state index contributed by atoms with van der Waals surface area (Å²) in [5.41, 5.74) is 0.927. The second kappa shape index (κ2) is 4.36. The number of Topliss-reactive ketones (excluding diaryl/α,β-unsaturated/α-hetero) is 1. The first-order valence-electron chi connectivity index (χ1n) is 4.15. The van der Waals surface area contributed by atoms with Gasteiger partial charge in [0.15, 0.2) is 0 Å². The number of hydrogen-bond donors (Lipinski definition) is 0. The molecule has 0 atom stereocenters. The van der Waals surface area contributed by atoms with Crippen molar-refractivity contribution in [2.75, 3.05) is 0 Å². The van der Waals surface area contributed by atoms with Gasteiger partial charge in [-0.2, -0.15) is 0 Å². The van der Waals surface area contributed by atoms with E-state index in [2.05, 4.69) is 4.98 Å². The maximum atomic E-state index is 11.2. The van der Waals surface area contributed by atoms with Gasteiger partial charge < -0.3 is 0 Å². The maximum Gasteiger partial charge on any atom is 0.138 e. The van der Waals surface area contributed by atoms with Gasteiger partial charge in [0.2, 0.25) is 0 Å². The van der Waals surface area contributed by atoms with Gasteiger partial charge in [-0.3, -0.25) is 4.79 Å². The average Bonchev–Trinajstić information content (AvgIpc) is 2.36. The molecule has 0 saturated carbocycles. The highest BCUT2D eigenvalue weighted by molar-refractivity contribution is 7.09. The average molecular weight is 183 g/mol. The summed E-state index contributed by atoms with van der Waals surface area (Å²) in [6.07, 6.45) is 2.12. The summed E-state index contributed by atoms with van der Waals surface area (Å²) >= 11 is 1.60. The van der Waals surface area contributed by atoms with E-state index in [1.807, 2.05) is 19.2 Å². The summed E-state index contributed by atoms with van der Waals surface area (Å²) in [5.74, 6) is 0.294. The van der Waals surface area contributed by atoms with Gasteiger partial charge in [-0.1, -0.05) is 6.92 Å². The number of aryl methyl sites for hydroxylation is 1. The molecule has 1 aromatic heterocycles. The van der Waals surface area contributed by atoms with E-state index in [0.717, 1.165) is 17.1 Å². The van der Waals surface area contributed by atoms with Crippen LogP contribution in [-0.2, 0) is 11.2 Å². The molecule has 0 unspecified atom stereocenters. The van der Waals surface area contributed by atoms with Crippen molar-refractivity contribution in [1.82, 2.24) is 4.98 Å². The van der Waals surface area contributed by atoms with Gasteiger partial charge in [0.25, 0.3) is 0 Å². The molecule has 0 aromatic carbocycles. The second-order valence-electron chi connectivity index (χ2n) is 2.82. The second-order valence-corrected chi connectivity index (χ2v) is 3.89. The van der Waals surface area contributed by atoms with Crippen LogP contribution in [0.2, 0.25) is 0 Å². The Labute approximate surface area is 76.6 Å². The number of thiazole rings is 1. The number of aromatic nitrogens is 1. The van der Waals surface area contributed by atoms with Gasteiger partial charge in [0, 0.05) is 18.2 Å². The van der Waals surface area contributed by atoms with Crippen molar-refractivity contribution in [1.29, 1.82) is 0 Å². The third-order valence-corrected chi connectivity index (χ3v) is 2.40. The summed E-state index contributed by atoms with van der Waals surface area (Å²) < 4.78 is 0. The molecule has 2 nitrogen and oxygen atoms in total. The van der Waals surface area contributed by atoms with Crippen molar-refractivity contribution in [3.05, 3.63) is 16.1 Å². The molecule has 0 aliphatic heterocycles. The Bertz CT molecular complexity index is 267. The van der Waals surface area contributed by atoms with Crippen molar-refractivity contribution in [3.63, 3.8) is 0 Å². The van der Waals surface area contributed by atoms with Crippen LogP contribution in [0.4, 0.5) is 0 Å². The number of carbonyl (C=O) groups is 1. The Morgan fingerprint density at radius 3 is 2.92 bits per heavy atom. The largest absolute Gasteiger partial charge is 0.299 e. The summed E-state index contributed by atoms with van der Waals surface area (Å²) in [5, 5.41) is 3.00. The molecular weight excluding hydrogens is 170 g/mol. The molecule has 12 heavy (non-hydrogen) atoms. The van der Waals surface area contributed by atoms with Gasteiger partial charge in [-0.25, -0.2) is 4.98 Å². The Morgan fingerprint density at radius 2 is 2.42 bits per heavy atom. The first-order valence-corrected chi connectivity index (χ1v) is 5.03. The van der Waals surface area contributed by atoms with E-state index < -0.39 is 0 Å². The highest BCUT2D eigenvalue weighted by atomic mass is 32.1. The normalized spacial score (nSPS) is 10.2. The SMILES string of the molecule is CCCC(=O)Cc1csc(C)n1. The molecule has 0 N–H and O–H groups in total. The first-order chi connectivity index (χ1) is 5.72. The van der Waals surface area contributed by atoms with Gasteiger partial charge in [-0.05, 0) is 13.3 Å². The molecule has 0 fully saturated rings. The van der Waals surface area contributed by atoms with Crippen molar-refractivity contribution in [2.24, 2.45) is 0 Å². The van der Waals surface area contributed by atoms with Crippen LogP contribution in [0.3, 0.4) is 0 Å². The minimum atomic E-state index is 0.294. The Morgan fingerprint density at radius 1 is 1.67 bits per heavy atom. The van der Waals surface area contributed by atoms with Gasteiger partial charge in [0.1, 0.15) is 5.78 Å². The van der Waals surface area contributed by atoms with E-state index in [0.29, 0.717) is 18.6 Å². The lowest BCUT2D eigenvalue weighted by molar-refractivity contribution is -0.118. The summed E-state index contributed by atoms with van der Waals surface area (Å²) in [6, 6.07) is 0. The predicted octanol–water partition coefficient (Wildman–Crippen LogP) is 2.36. The van der Waals surface area contributed by atoms with Crippen LogP contribution in [0.15, 0.2) is 5.38 Å². The zero-order valence-corrected chi connectivity index (χ0v) is 8.28. The number of hydrogen-bond acceptors (Lipinski definition) is 3. The van der Waals surface area contributed by atoms with E-state index in [4.69, 9.17) is 0 Å². The molecule has 3 heteroatoms. The van der Waals surface area contributed by atoms with Crippen molar-refractivity contribution in [2.45, 2.75) is 33.1 Å². The summed E-state index contributed by atoms with van der Waals surface area (Å²) in [7, 11) is 0. The smallest absolute Gasteiger partial charge is 0.138 e. The topological polar surface area (TPSA) is 30.0 Å². The standard InChI is InChI=1S/C9H13NOS/c1-3-4-9(11)5-8-6-12-7(2)10-8/h6H,3-5H2,1-2H3. The number of ketones is 1. The van der Waals surface area contributed by atoms with Crippen molar-refractivity contribution < 1.29 is 4.79 Å². The van der Waals surface area contributed by atoms with Crippen LogP contribution in [0.5, 0.6) is 0 Å². The fourth-order valence-electron chi connectivity index (χ4n) is 1.06. The van der Waals surface area contributed by atoms with E-state index in [1.54, 1.807) is 11.3 Å². The predicted molar refractivity (Wildman–Crippen MR) is 50.5 cm³/mol. The number of carbonyl (C=O) groups excluding carboxylic acids is 1. The van der Waals surface area contributed by atoms with Crippen LogP contribution in [0.1, 0.15) is 30.5 Å². The van der Waals surface area contributed by atoms with E-state index in [9.17, 15) is 4.79 Å². The summed E-state index contributed by atoms with van der Waals surface area (Å²) in [6.45, 7) is 3.97. The van der Waals surface area contributed by atoms with Gasteiger partial charge in [0.05, 0.1) is 10.7 Å². The highest BCUT2D eigenvalue weighted by Crippen LogP contribution is 2.09. The monoisotopic (exact) mass is 183 g/mol. The van der Waals surface area contributed by atoms with Crippen LogP contribution in [0.25, 0.3) is 0 Å². The molecule has 0 saturated heterocycles. The van der Waals surface area contributed by atoms with E-state index >= 15 is 0 Å². The molecule has 0 aliphatic rings. The van der Waals surface area contributed by atoms with Crippen molar-refractivity contribution in [3.8, 4) is 0 Å². The van der Waals surface area contributed by atoms with Gasteiger partial charge >= 0.3 is 0 Å². The zero-order valence-electron chi connectivity index (χ0n) is 7.46.